The van der Waals surface area contributed by atoms with Crippen LogP contribution < -0.4 is 4.74 Å². The molecular weight excluding hydrogens is 500 g/mol. The number of fused-ring (bicyclic) bond motifs is 1. The molecule has 1 heterocycles. The zero-order valence-corrected chi connectivity index (χ0v) is 19.8. The lowest BCUT2D eigenvalue weighted by atomic mass is 9.89. The van der Waals surface area contributed by atoms with E-state index in [4.69, 9.17) is 42.6 Å². The lowest BCUT2D eigenvalue weighted by Crippen LogP contribution is -2.38. The van der Waals surface area contributed by atoms with Gasteiger partial charge in [0.25, 0.3) is 0 Å². The topological polar surface area (TPSA) is 85.3 Å². The van der Waals surface area contributed by atoms with Gasteiger partial charge in [-0.2, -0.15) is 0 Å². The summed E-state index contributed by atoms with van der Waals surface area (Å²) in [7, 11) is 0. The molecule has 4 rings (SSSR count). The summed E-state index contributed by atoms with van der Waals surface area (Å²) in [6.07, 6.45) is -0.425. The minimum atomic E-state index is -1.14. The highest BCUT2D eigenvalue weighted by atomic mass is 35.5. The Morgan fingerprint density at radius 3 is 2.66 bits per heavy atom. The predicted octanol–water partition coefficient (Wildman–Crippen LogP) is 5.81. The van der Waals surface area contributed by atoms with Gasteiger partial charge in [-0.1, -0.05) is 47.5 Å². The van der Waals surface area contributed by atoms with Crippen LogP contribution >= 0.6 is 23.2 Å². The van der Waals surface area contributed by atoms with Crippen molar-refractivity contribution in [1.29, 1.82) is 0 Å². The van der Waals surface area contributed by atoms with Gasteiger partial charge in [0, 0.05) is 27.7 Å². The van der Waals surface area contributed by atoms with Crippen molar-refractivity contribution in [1.82, 2.24) is 5.06 Å². The fourth-order valence-electron chi connectivity index (χ4n) is 3.88. The molecule has 0 radical (unpaired) electrons. The fraction of sp³-hybridized carbons (Fsp3) is 0.200. The highest BCUT2D eigenvalue weighted by molar-refractivity contribution is 6.31. The largest absolute Gasteiger partial charge is 0.528 e. The molecule has 1 aliphatic rings. The number of rotatable bonds is 7. The summed E-state index contributed by atoms with van der Waals surface area (Å²) in [5.41, 5.74) is 2.68. The third kappa shape index (κ3) is 6.03. The Balaban J connectivity index is 1.61. The van der Waals surface area contributed by atoms with Gasteiger partial charge in [-0.15, -0.1) is 5.06 Å². The molecule has 182 valence electrons. The van der Waals surface area contributed by atoms with Crippen LogP contribution in [-0.4, -0.2) is 35.4 Å². The predicted molar refractivity (Wildman–Crippen MR) is 126 cm³/mol. The van der Waals surface area contributed by atoms with Gasteiger partial charge in [0.2, 0.25) is 0 Å². The number of carboxylic acids is 1. The quantitative estimate of drug-likeness (QED) is 0.394. The number of hydroxylamine groups is 2. The van der Waals surface area contributed by atoms with E-state index in [1.54, 1.807) is 18.2 Å². The highest BCUT2D eigenvalue weighted by Gasteiger charge is 2.34. The van der Waals surface area contributed by atoms with Gasteiger partial charge < -0.3 is 19.4 Å². The minimum Gasteiger partial charge on any atom is -0.482 e. The van der Waals surface area contributed by atoms with E-state index in [0.717, 1.165) is 11.1 Å². The van der Waals surface area contributed by atoms with Crippen molar-refractivity contribution in [3.8, 4) is 5.75 Å². The van der Waals surface area contributed by atoms with Crippen LogP contribution in [0.1, 0.15) is 28.3 Å². The van der Waals surface area contributed by atoms with Crippen LogP contribution in [0.3, 0.4) is 0 Å². The lowest BCUT2D eigenvalue weighted by molar-refractivity contribution is -0.152. The Labute approximate surface area is 210 Å². The molecule has 1 unspecified atom stereocenters. The van der Waals surface area contributed by atoms with Crippen molar-refractivity contribution in [3.63, 3.8) is 0 Å². The Morgan fingerprint density at radius 2 is 1.86 bits per heavy atom. The smallest absolute Gasteiger partial charge is 0.482 e. The number of carbonyl (C=O) groups excluding carboxylic acids is 1. The van der Waals surface area contributed by atoms with E-state index in [1.165, 1.54) is 23.3 Å². The summed E-state index contributed by atoms with van der Waals surface area (Å²) in [5, 5.41) is 11.1. The Bertz CT molecular complexity index is 1250. The summed E-state index contributed by atoms with van der Waals surface area (Å²) >= 11 is 12.3. The summed E-state index contributed by atoms with van der Waals surface area (Å²) in [4.78, 5) is 29.2. The first-order valence-corrected chi connectivity index (χ1v) is 11.3. The highest BCUT2D eigenvalue weighted by Crippen LogP contribution is 2.40. The maximum absolute atomic E-state index is 13.5. The fourth-order valence-corrected chi connectivity index (χ4v) is 4.23. The van der Waals surface area contributed by atoms with Crippen molar-refractivity contribution in [3.05, 3.63) is 98.8 Å². The van der Waals surface area contributed by atoms with Crippen LogP contribution in [0.25, 0.3) is 0 Å². The second kappa shape index (κ2) is 10.9. The zero-order chi connectivity index (χ0) is 24.9. The second-order valence-corrected chi connectivity index (χ2v) is 8.57. The van der Waals surface area contributed by atoms with E-state index in [2.05, 4.69) is 0 Å². The number of hydrogen-bond donors (Lipinski definition) is 1. The summed E-state index contributed by atoms with van der Waals surface area (Å²) in [6, 6.07) is 15.5. The number of benzene rings is 3. The van der Waals surface area contributed by atoms with Gasteiger partial charge >= 0.3 is 12.1 Å². The zero-order valence-electron chi connectivity index (χ0n) is 18.2. The monoisotopic (exact) mass is 519 g/mol. The number of halogens is 3. The maximum Gasteiger partial charge on any atom is 0.528 e. The van der Waals surface area contributed by atoms with Crippen molar-refractivity contribution in [2.24, 2.45) is 0 Å². The molecular formula is C25H20Cl2FNO6. The summed E-state index contributed by atoms with van der Waals surface area (Å²) in [6.45, 7) is -0.517. The standard InChI is InChI=1S/C25H20Cl2FNO6/c26-17-5-8-22(33-14-23(30)31)20(12-17)24-19-4-2-1-3-15(19)9-10-29(24)35-25(32)34-13-16-11-18(28)6-7-21(16)27/h1-8,11-12,24H,9-10,13-14H2,(H,30,31). The molecule has 3 aromatic carbocycles. The van der Waals surface area contributed by atoms with Crippen LogP contribution in [0.2, 0.25) is 10.0 Å². The average molecular weight is 520 g/mol. The van der Waals surface area contributed by atoms with Crippen LogP contribution in [0.15, 0.2) is 60.7 Å². The van der Waals surface area contributed by atoms with Gasteiger partial charge in [0.1, 0.15) is 18.2 Å². The molecule has 3 aromatic rings. The van der Waals surface area contributed by atoms with E-state index in [9.17, 15) is 14.0 Å². The third-order valence-electron chi connectivity index (χ3n) is 5.40. The number of nitrogens with zero attached hydrogens (tertiary/aromatic N) is 1. The number of carbonyl (C=O) groups is 2. The SMILES string of the molecule is O=C(O)COc1ccc(Cl)cc1C1c2ccccc2CCN1OC(=O)OCc1cc(F)ccc1Cl. The van der Waals surface area contributed by atoms with E-state index < -0.39 is 30.6 Å². The molecule has 0 aromatic heterocycles. The van der Waals surface area contributed by atoms with Crippen LogP contribution in [0.5, 0.6) is 5.75 Å². The number of hydrogen-bond acceptors (Lipinski definition) is 6. The first-order chi connectivity index (χ1) is 16.8. The lowest BCUT2D eigenvalue weighted by Gasteiger charge is -2.36. The molecule has 0 saturated carbocycles. The average Bonchev–Trinajstić information content (AvgIpc) is 2.83. The normalized spacial score (nSPS) is 15.2. The van der Waals surface area contributed by atoms with Gasteiger partial charge in [-0.05, 0) is 53.9 Å². The van der Waals surface area contributed by atoms with E-state index >= 15 is 0 Å². The molecule has 0 fully saturated rings. The van der Waals surface area contributed by atoms with Gasteiger partial charge in [0.15, 0.2) is 6.61 Å². The molecule has 1 N–H and O–H groups in total. The van der Waals surface area contributed by atoms with Crippen molar-refractivity contribution < 1.29 is 33.4 Å². The Hall–Kier alpha value is -3.33. The Kier molecular flexibility index (Phi) is 7.75. The summed E-state index contributed by atoms with van der Waals surface area (Å²) in [5.74, 6) is -1.36. The van der Waals surface area contributed by atoms with E-state index in [0.29, 0.717) is 29.1 Å². The van der Waals surface area contributed by atoms with Gasteiger partial charge in [-0.3, -0.25) is 0 Å². The molecule has 0 spiro atoms. The van der Waals surface area contributed by atoms with E-state index in [1.807, 2.05) is 24.3 Å². The number of carboxylic acid groups (broad SMARTS) is 1. The minimum absolute atomic E-state index is 0.253. The number of ether oxygens (including phenoxy) is 2. The van der Waals surface area contributed by atoms with Crippen molar-refractivity contribution >= 4 is 35.3 Å². The van der Waals surface area contributed by atoms with Crippen LogP contribution in [-0.2, 0) is 27.4 Å². The Morgan fingerprint density at radius 1 is 1.06 bits per heavy atom. The number of aliphatic carboxylic acids is 1. The molecule has 1 aliphatic heterocycles. The molecule has 1 atom stereocenters. The molecule has 0 saturated heterocycles. The van der Waals surface area contributed by atoms with Gasteiger partial charge in [0.05, 0.1) is 6.04 Å². The van der Waals surface area contributed by atoms with Crippen molar-refractivity contribution in [2.75, 3.05) is 13.2 Å². The molecule has 35 heavy (non-hydrogen) atoms. The van der Waals surface area contributed by atoms with Gasteiger partial charge in [-0.25, -0.2) is 14.0 Å². The molecule has 7 nitrogen and oxygen atoms in total. The molecule has 0 bridgehead atoms. The third-order valence-corrected chi connectivity index (χ3v) is 6.01. The molecule has 10 heteroatoms. The van der Waals surface area contributed by atoms with Crippen LogP contribution in [0.4, 0.5) is 9.18 Å². The van der Waals surface area contributed by atoms with Crippen molar-refractivity contribution in [2.45, 2.75) is 19.1 Å². The summed E-state index contributed by atoms with van der Waals surface area (Å²) < 4.78 is 24.2. The second-order valence-electron chi connectivity index (χ2n) is 7.72. The first-order valence-electron chi connectivity index (χ1n) is 10.6. The molecule has 0 aliphatic carbocycles. The van der Waals surface area contributed by atoms with Crippen LogP contribution in [0, 0.1) is 5.82 Å². The molecule has 0 amide bonds. The maximum atomic E-state index is 13.5. The first kappa shape index (κ1) is 24.8. The van der Waals surface area contributed by atoms with E-state index in [-0.39, 0.29) is 17.4 Å².